The van der Waals surface area contributed by atoms with Crippen molar-refractivity contribution in [3.63, 3.8) is 0 Å². The van der Waals surface area contributed by atoms with E-state index in [1.54, 1.807) is 42.5 Å². The van der Waals surface area contributed by atoms with Crippen LogP contribution in [-0.4, -0.2) is 44.3 Å². The average Bonchev–Trinajstić information content (AvgIpc) is 3.12. The first-order chi connectivity index (χ1) is 23.9. The zero-order valence-electron chi connectivity index (χ0n) is 28.2. The van der Waals surface area contributed by atoms with Crippen molar-refractivity contribution < 1.29 is 47.8 Å². The van der Waals surface area contributed by atoms with Gasteiger partial charge < -0.3 is 28.6 Å². The van der Waals surface area contributed by atoms with Gasteiger partial charge in [0, 0.05) is 12.2 Å². The number of carbonyl (C=O) groups excluding carboxylic acids is 3. The molecule has 262 valence electrons. The summed E-state index contributed by atoms with van der Waals surface area (Å²) in [5.41, 5.74) is 2.04. The predicted octanol–water partition coefficient (Wildman–Crippen LogP) is 8.06. The monoisotopic (exact) mass is 674 g/mol. The first kappa shape index (κ1) is 38.4. The minimum Gasteiger partial charge on any atom is -0.494 e. The Hall–Kier alpha value is -5.09. The van der Waals surface area contributed by atoms with Crippen molar-refractivity contribution in [3.8, 4) is 23.0 Å². The van der Waals surface area contributed by atoms with E-state index < -0.39 is 11.9 Å². The molecule has 3 aromatic rings. The molecule has 0 heterocycles. The smallest absolute Gasteiger partial charge is 0.343 e. The lowest BCUT2D eigenvalue weighted by Gasteiger charge is -2.11. The highest BCUT2D eigenvalue weighted by Crippen LogP contribution is 2.25. The maximum absolute atomic E-state index is 12.7. The Balaban J connectivity index is 1.29. The summed E-state index contributed by atoms with van der Waals surface area (Å²) in [6.07, 6.45) is 9.59. The number of esters is 3. The Kier molecular flexibility index (Phi) is 17.6. The number of ether oxygens (including phenoxy) is 5. The van der Waals surface area contributed by atoms with Gasteiger partial charge in [-0.25, -0.2) is 14.4 Å². The molecule has 0 atom stereocenters. The first-order valence-corrected chi connectivity index (χ1v) is 16.5. The summed E-state index contributed by atoms with van der Waals surface area (Å²) < 4.78 is 27.1. The maximum atomic E-state index is 12.7. The molecular weight excluding hydrogens is 628 g/mol. The fraction of sp³-hybridized carbons (Fsp3) is 0.359. The van der Waals surface area contributed by atoms with Gasteiger partial charge in [0.25, 0.3) is 0 Å². The molecule has 10 heteroatoms. The summed E-state index contributed by atoms with van der Waals surface area (Å²) in [6, 6.07) is 19.5. The number of benzene rings is 3. The molecule has 0 unspecified atom stereocenters. The Morgan fingerprint density at radius 1 is 0.612 bits per heavy atom. The van der Waals surface area contributed by atoms with Crippen LogP contribution in [0.4, 0.5) is 0 Å². The molecule has 0 saturated heterocycles. The Bertz CT molecular complexity index is 1460. The quantitative estimate of drug-likeness (QED) is 0.0231. The molecule has 0 bridgehead atoms. The third-order valence-electron chi connectivity index (χ3n) is 7.18. The summed E-state index contributed by atoms with van der Waals surface area (Å²) in [7, 11) is 0. The van der Waals surface area contributed by atoms with Gasteiger partial charge in [0.15, 0.2) is 5.75 Å². The third-order valence-corrected chi connectivity index (χ3v) is 7.18. The van der Waals surface area contributed by atoms with Crippen LogP contribution >= 0.6 is 0 Å². The number of rotatable bonds is 24. The Morgan fingerprint density at radius 3 is 1.61 bits per heavy atom. The Morgan fingerprint density at radius 2 is 1.10 bits per heavy atom. The van der Waals surface area contributed by atoms with Gasteiger partial charge in [-0.1, -0.05) is 25.3 Å². The summed E-state index contributed by atoms with van der Waals surface area (Å²) in [4.78, 5) is 45.6. The second-order valence-electron chi connectivity index (χ2n) is 11.1. The molecule has 3 rings (SSSR count). The van der Waals surface area contributed by atoms with Crippen LogP contribution in [-0.2, 0) is 30.6 Å². The van der Waals surface area contributed by atoms with E-state index in [2.05, 4.69) is 13.2 Å². The van der Waals surface area contributed by atoms with Crippen LogP contribution in [0.5, 0.6) is 23.0 Å². The van der Waals surface area contributed by atoms with Crippen molar-refractivity contribution in [2.45, 2.75) is 64.9 Å². The van der Waals surface area contributed by atoms with Gasteiger partial charge in [0.05, 0.1) is 32.0 Å². The van der Waals surface area contributed by atoms with E-state index in [0.717, 1.165) is 68.8 Å². The zero-order chi connectivity index (χ0) is 35.1. The molecule has 0 fully saturated rings. The largest absolute Gasteiger partial charge is 0.494 e. The number of aryl methyl sites for hydroxylation is 1. The molecule has 0 saturated carbocycles. The van der Waals surface area contributed by atoms with Gasteiger partial charge in [-0.05, 0) is 124 Å². The zero-order valence-corrected chi connectivity index (χ0v) is 28.2. The standard InChI is InChI=1S/C39H46O10/c1-4-37(40)45-26-12-8-6-10-24-43-33-18-14-31(15-19-33)29-47-49-35-22-23-36(30(3)28-35)48-39(42)32-16-20-34(21-17-32)44-25-11-7-9-13-27-46-38(41)5-2/h4-5,14-23,28H,1-2,6-13,24-27,29H2,3H3. The molecule has 0 radical (unpaired) electrons. The molecule has 0 aromatic heterocycles. The average molecular weight is 675 g/mol. The van der Waals surface area contributed by atoms with Crippen molar-refractivity contribution in [2.24, 2.45) is 0 Å². The second-order valence-corrected chi connectivity index (χ2v) is 11.1. The van der Waals surface area contributed by atoms with E-state index in [1.165, 1.54) is 6.08 Å². The van der Waals surface area contributed by atoms with Crippen LogP contribution in [0.2, 0.25) is 0 Å². The number of carbonyl (C=O) groups is 3. The fourth-order valence-electron chi connectivity index (χ4n) is 4.44. The molecule has 49 heavy (non-hydrogen) atoms. The van der Waals surface area contributed by atoms with Gasteiger partial charge in [-0.15, -0.1) is 0 Å². The lowest BCUT2D eigenvalue weighted by Crippen LogP contribution is -2.09. The highest BCUT2D eigenvalue weighted by atomic mass is 17.2. The molecule has 3 aromatic carbocycles. The van der Waals surface area contributed by atoms with E-state index in [9.17, 15) is 14.4 Å². The lowest BCUT2D eigenvalue weighted by atomic mass is 10.2. The third kappa shape index (κ3) is 15.6. The highest BCUT2D eigenvalue weighted by molar-refractivity contribution is 5.91. The van der Waals surface area contributed by atoms with E-state index in [-0.39, 0.29) is 12.6 Å². The molecule has 0 N–H and O–H groups in total. The molecule has 0 aliphatic heterocycles. The first-order valence-electron chi connectivity index (χ1n) is 16.5. The topological polar surface area (TPSA) is 116 Å². The van der Waals surface area contributed by atoms with Crippen LogP contribution in [0.1, 0.15) is 72.9 Å². The van der Waals surface area contributed by atoms with Crippen molar-refractivity contribution in [1.82, 2.24) is 0 Å². The van der Waals surface area contributed by atoms with Crippen LogP contribution < -0.4 is 19.1 Å². The molecular formula is C39H46O10. The number of hydrogen-bond acceptors (Lipinski definition) is 10. The van der Waals surface area contributed by atoms with Gasteiger partial charge in [0.2, 0.25) is 0 Å². The van der Waals surface area contributed by atoms with Gasteiger partial charge in [-0.3, -0.25) is 0 Å². The Labute approximate surface area is 288 Å². The summed E-state index contributed by atoms with van der Waals surface area (Å²) in [6.45, 7) is 10.8. The molecule has 0 aliphatic carbocycles. The van der Waals surface area contributed by atoms with Gasteiger partial charge >= 0.3 is 17.9 Å². The summed E-state index contributed by atoms with van der Waals surface area (Å²) in [5.74, 6) is 1.08. The molecule has 10 nitrogen and oxygen atoms in total. The SMILES string of the molecule is C=CC(=O)OCCCCCCOc1ccc(COOc2ccc(OC(=O)c3ccc(OCCCCCCOC(=O)C=C)cc3)c(C)c2)cc1. The minimum atomic E-state index is -0.479. The van der Waals surface area contributed by atoms with Crippen molar-refractivity contribution in [1.29, 1.82) is 0 Å². The molecule has 0 amide bonds. The second kappa shape index (κ2) is 22.5. The molecule has 0 spiro atoms. The molecule has 0 aliphatic rings. The maximum Gasteiger partial charge on any atom is 0.343 e. The van der Waals surface area contributed by atoms with Crippen LogP contribution in [0.15, 0.2) is 92.0 Å². The van der Waals surface area contributed by atoms with Gasteiger partial charge in [0.1, 0.15) is 23.9 Å². The van der Waals surface area contributed by atoms with E-state index >= 15 is 0 Å². The number of hydrogen-bond donors (Lipinski definition) is 0. The van der Waals surface area contributed by atoms with Crippen LogP contribution in [0, 0.1) is 6.92 Å². The van der Waals surface area contributed by atoms with E-state index in [1.807, 2.05) is 31.2 Å². The van der Waals surface area contributed by atoms with E-state index in [4.69, 9.17) is 33.5 Å². The van der Waals surface area contributed by atoms with Crippen LogP contribution in [0.25, 0.3) is 0 Å². The van der Waals surface area contributed by atoms with Crippen molar-refractivity contribution in [2.75, 3.05) is 26.4 Å². The lowest BCUT2D eigenvalue weighted by molar-refractivity contribution is -0.217. The normalized spacial score (nSPS) is 10.5. The van der Waals surface area contributed by atoms with Gasteiger partial charge in [-0.2, -0.15) is 4.89 Å². The minimum absolute atomic E-state index is 0.237. The van der Waals surface area contributed by atoms with Crippen molar-refractivity contribution in [3.05, 3.63) is 109 Å². The number of unbranched alkanes of at least 4 members (excludes halogenated alkanes) is 6. The van der Waals surface area contributed by atoms with E-state index in [0.29, 0.717) is 54.8 Å². The van der Waals surface area contributed by atoms with Crippen LogP contribution in [0.3, 0.4) is 0 Å². The highest BCUT2D eigenvalue weighted by Gasteiger charge is 2.12. The fourth-order valence-corrected chi connectivity index (χ4v) is 4.44. The predicted molar refractivity (Wildman–Crippen MR) is 185 cm³/mol. The summed E-state index contributed by atoms with van der Waals surface area (Å²) in [5, 5.41) is 0. The van der Waals surface area contributed by atoms with Crippen molar-refractivity contribution >= 4 is 17.9 Å². The summed E-state index contributed by atoms with van der Waals surface area (Å²) >= 11 is 0.